The molecule has 0 spiro atoms. The number of hydrogen-bond donors (Lipinski definition) is 2. The van der Waals surface area contributed by atoms with Gasteiger partial charge in [-0.05, 0) is 23.3 Å². The minimum atomic E-state index is 0.0438. The lowest BCUT2D eigenvalue weighted by molar-refractivity contribution is 0.103. The van der Waals surface area contributed by atoms with E-state index < -0.39 is 0 Å². The lowest BCUT2D eigenvalue weighted by atomic mass is 10.0. The monoisotopic (exact) mass is 274 g/mol. The van der Waals surface area contributed by atoms with Gasteiger partial charge in [-0.1, -0.05) is 36.4 Å². The van der Waals surface area contributed by atoms with E-state index in [1.54, 1.807) is 0 Å². The second-order valence-corrected chi connectivity index (χ2v) is 4.68. The summed E-state index contributed by atoms with van der Waals surface area (Å²) >= 11 is 8.45. The molecule has 3 heteroatoms. The van der Waals surface area contributed by atoms with Crippen molar-refractivity contribution in [2.45, 2.75) is 11.5 Å². The Balaban J connectivity index is 2.34. The summed E-state index contributed by atoms with van der Waals surface area (Å²) in [6.07, 6.45) is 0. The van der Waals surface area contributed by atoms with Crippen molar-refractivity contribution in [2.75, 3.05) is 0 Å². The molecule has 0 aliphatic rings. The highest BCUT2D eigenvalue weighted by Gasteiger charge is 2.09. The van der Waals surface area contributed by atoms with Gasteiger partial charge < -0.3 is 0 Å². The van der Waals surface area contributed by atoms with Crippen LogP contribution in [0, 0.1) is 0 Å². The predicted octanol–water partition coefficient (Wildman–Crippen LogP) is 3.78. The molecule has 0 saturated heterocycles. The van der Waals surface area contributed by atoms with Crippen molar-refractivity contribution in [3.63, 3.8) is 0 Å². The molecule has 18 heavy (non-hydrogen) atoms. The van der Waals surface area contributed by atoms with E-state index in [1.165, 1.54) is 0 Å². The van der Waals surface area contributed by atoms with Crippen LogP contribution in [0.3, 0.4) is 0 Å². The molecule has 0 aromatic heterocycles. The van der Waals surface area contributed by atoms with Crippen LogP contribution >= 0.6 is 25.3 Å². The van der Waals surface area contributed by atoms with Gasteiger partial charge in [0.1, 0.15) is 0 Å². The first-order valence-corrected chi connectivity index (χ1v) is 6.95. The zero-order valence-corrected chi connectivity index (χ0v) is 11.6. The summed E-state index contributed by atoms with van der Waals surface area (Å²) in [5.74, 6) is 1.32. The Hall–Kier alpha value is -1.19. The van der Waals surface area contributed by atoms with E-state index in [0.29, 0.717) is 22.6 Å². The summed E-state index contributed by atoms with van der Waals surface area (Å²) in [6, 6.07) is 15.2. The molecule has 0 aliphatic heterocycles. The van der Waals surface area contributed by atoms with Gasteiger partial charge in [0.2, 0.25) is 0 Å². The normalized spacial score (nSPS) is 10.3. The number of benzene rings is 2. The molecule has 92 valence electrons. The largest absolute Gasteiger partial charge is 0.289 e. The Morgan fingerprint density at radius 2 is 1.28 bits per heavy atom. The van der Waals surface area contributed by atoms with E-state index in [4.69, 9.17) is 0 Å². The molecule has 0 heterocycles. The average molecular weight is 274 g/mol. The van der Waals surface area contributed by atoms with E-state index in [1.807, 2.05) is 48.5 Å². The number of thiol groups is 2. The van der Waals surface area contributed by atoms with E-state index in [9.17, 15) is 4.79 Å². The second kappa shape index (κ2) is 6.12. The van der Waals surface area contributed by atoms with E-state index in [0.717, 1.165) is 11.1 Å². The maximum absolute atomic E-state index is 12.3. The van der Waals surface area contributed by atoms with Gasteiger partial charge in [0.15, 0.2) is 5.78 Å². The van der Waals surface area contributed by atoms with Crippen LogP contribution in [0.4, 0.5) is 0 Å². The van der Waals surface area contributed by atoms with Crippen LogP contribution in [-0.2, 0) is 11.5 Å². The van der Waals surface area contributed by atoms with Crippen LogP contribution in [0.5, 0.6) is 0 Å². The number of ketones is 1. The van der Waals surface area contributed by atoms with Crippen LogP contribution < -0.4 is 0 Å². The fraction of sp³-hybridized carbons (Fsp3) is 0.133. The average Bonchev–Trinajstić information content (AvgIpc) is 2.46. The minimum Gasteiger partial charge on any atom is -0.289 e. The number of rotatable bonds is 4. The van der Waals surface area contributed by atoms with Crippen molar-refractivity contribution in [2.24, 2.45) is 0 Å². The summed E-state index contributed by atoms with van der Waals surface area (Å²) in [5, 5.41) is 0. The molecule has 0 amide bonds. The van der Waals surface area contributed by atoms with Gasteiger partial charge in [0.05, 0.1) is 0 Å². The highest BCUT2D eigenvalue weighted by molar-refractivity contribution is 7.79. The predicted molar refractivity (Wildman–Crippen MR) is 81.7 cm³/mol. The van der Waals surface area contributed by atoms with Crippen molar-refractivity contribution in [1.82, 2.24) is 0 Å². The van der Waals surface area contributed by atoms with Crippen molar-refractivity contribution in [3.8, 4) is 0 Å². The van der Waals surface area contributed by atoms with Gasteiger partial charge in [-0.15, -0.1) is 0 Å². The second-order valence-electron chi connectivity index (χ2n) is 4.05. The molecule has 0 saturated carbocycles. The van der Waals surface area contributed by atoms with E-state index in [-0.39, 0.29) is 5.78 Å². The summed E-state index contributed by atoms with van der Waals surface area (Å²) in [7, 11) is 0. The van der Waals surface area contributed by atoms with Crippen molar-refractivity contribution in [3.05, 3.63) is 70.8 Å². The zero-order chi connectivity index (χ0) is 13.0. The van der Waals surface area contributed by atoms with E-state index in [2.05, 4.69) is 25.3 Å². The maximum atomic E-state index is 12.3. The Morgan fingerprint density at radius 3 is 1.67 bits per heavy atom. The van der Waals surface area contributed by atoms with Crippen LogP contribution in [0.25, 0.3) is 0 Å². The quantitative estimate of drug-likeness (QED) is 0.641. The highest BCUT2D eigenvalue weighted by atomic mass is 32.1. The van der Waals surface area contributed by atoms with Crippen molar-refractivity contribution in [1.29, 1.82) is 0 Å². The first kappa shape index (κ1) is 13.2. The summed E-state index contributed by atoms with van der Waals surface area (Å²) in [5.41, 5.74) is 3.51. The van der Waals surface area contributed by atoms with Crippen LogP contribution in [0.1, 0.15) is 27.0 Å². The molecule has 0 fully saturated rings. The Labute approximate surface area is 118 Å². The molecule has 0 unspecified atom stereocenters. The minimum absolute atomic E-state index is 0.0438. The van der Waals surface area contributed by atoms with Gasteiger partial charge in [-0.2, -0.15) is 25.3 Å². The summed E-state index contributed by atoms with van der Waals surface area (Å²) < 4.78 is 0. The molecule has 2 aromatic rings. The molecule has 0 radical (unpaired) electrons. The Kier molecular flexibility index (Phi) is 4.50. The molecule has 1 nitrogen and oxygen atoms in total. The molecule has 2 aromatic carbocycles. The third-order valence-electron chi connectivity index (χ3n) is 2.74. The van der Waals surface area contributed by atoms with Gasteiger partial charge in [0, 0.05) is 22.6 Å². The lowest BCUT2D eigenvalue weighted by Crippen LogP contribution is -2.02. The Morgan fingerprint density at radius 1 is 0.833 bits per heavy atom. The smallest absolute Gasteiger partial charge is 0.193 e. The van der Waals surface area contributed by atoms with Crippen LogP contribution in [-0.4, -0.2) is 5.78 Å². The first-order valence-electron chi connectivity index (χ1n) is 5.69. The van der Waals surface area contributed by atoms with Crippen LogP contribution in [0.2, 0.25) is 0 Å². The molecule has 0 atom stereocenters. The molecule has 0 N–H and O–H groups in total. The summed E-state index contributed by atoms with van der Waals surface area (Å²) in [6.45, 7) is 0. The zero-order valence-electron chi connectivity index (χ0n) is 9.84. The molecular formula is C15H14OS2. The molecular weight excluding hydrogens is 260 g/mol. The Bertz CT molecular complexity index is 514. The van der Waals surface area contributed by atoms with Gasteiger partial charge in [0.25, 0.3) is 0 Å². The first-order chi connectivity index (χ1) is 8.74. The third kappa shape index (κ3) is 2.98. The maximum Gasteiger partial charge on any atom is 0.193 e. The van der Waals surface area contributed by atoms with Gasteiger partial charge >= 0.3 is 0 Å². The summed E-state index contributed by atoms with van der Waals surface area (Å²) in [4.78, 5) is 12.3. The number of carbonyl (C=O) groups excluding carboxylic acids is 1. The molecule has 0 bridgehead atoms. The SMILES string of the molecule is O=C(c1cccc(CS)c1)c1cccc(CS)c1. The van der Waals surface area contributed by atoms with Crippen LogP contribution in [0.15, 0.2) is 48.5 Å². The standard InChI is InChI=1S/C15H14OS2/c16-15(13-5-1-3-11(7-13)9-17)14-6-2-4-12(8-14)10-18/h1-8,17-18H,9-10H2. The topological polar surface area (TPSA) is 17.1 Å². The fourth-order valence-electron chi connectivity index (χ4n) is 1.79. The number of hydrogen-bond acceptors (Lipinski definition) is 3. The van der Waals surface area contributed by atoms with E-state index >= 15 is 0 Å². The van der Waals surface area contributed by atoms with Gasteiger partial charge in [-0.3, -0.25) is 4.79 Å². The van der Waals surface area contributed by atoms with Gasteiger partial charge in [-0.25, -0.2) is 0 Å². The fourth-order valence-corrected chi connectivity index (χ4v) is 2.18. The molecule has 0 aliphatic carbocycles. The van der Waals surface area contributed by atoms with Crippen molar-refractivity contribution < 1.29 is 4.79 Å². The lowest BCUT2D eigenvalue weighted by Gasteiger charge is -2.04. The molecule has 2 rings (SSSR count). The number of carbonyl (C=O) groups is 1. The highest BCUT2D eigenvalue weighted by Crippen LogP contribution is 2.15. The van der Waals surface area contributed by atoms with Crippen molar-refractivity contribution >= 4 is 31.0 Å². The third-order valence-corrected chi connectivity index (χ3v) is 3.47.